The number of hydrogen-bond donors (Lipinski definition) is 1. The van der Waals surface area contributed by atoms with Crippen molar-refractivity contribution in [3.8, 4) is 0 Å². The highest BCUT2D eigenvalue weighted by molar-refractivity contribution is 7.48. The third kappa shape index (κ3) is 5.46. The molecule has 190 valence electrons. The van der Waals surface area contributed by atoms with E-state index < -0.39 is 49.6 Å². The van der Waals surface area contributed by atoms with Gasteiger partial charge >= 0.3 is 19.5 Å². The van der Waals surface area contributed by atoms with E-state index in [2.05, 4.69) is 4.98 Å². The number of carbonyl (C=O) groups excluding carboxylic acids is 1. The van der Waals surface area contributed by atoms with Gasteiger partial charge in [-0.1, -0.05) is 31.5 Å². The molecule has 0 amide bonds. The molecule has 0 bridgehead atoms. The van der Waals surface area contributed by atoms with E-state index in [1.54, 1.807) is 24.3 Å². The van der Waals surface area contributed by atoms with Crippen LogP contribution in [0.4, 0.5) is 4.39 Å². The molecule has 0 saturated carbocycles. The minimum atomic E-state index is -4.23. The van der Waals surface area contributed by atoms with Crippen LogP contribution in [0.3, 0.4) is 0 Å². The van der Waals surface area contributed by atoms with E-state index in [4.69, 9.17) is 23.0 Å². The molecule has 5 atom stereocenters. The smallest absolute Gasteiger partial charge is 0.462 e. The maximum absolute atomic E-state index is 15.3. The SMILES string of the molecule is CCCCOC(=O)c1ccccc1COP1(=O)OC[C@@H]2O[C@H](n3cc(C)c(=O)[nH]c3=O)[C@H](F)[C@H]2O1. The Kier molecular flexibility index (Phi) is 7.67. The number of alkyl halides is 1. The number of unbranched alkanes of at least 4 members (excludes halogenated alkanes) is 1. The topological polar surface area (TPSA) is 135 Å². The lowest BCUT2D eigenvalue weighted by Gasteiger charge is -2.30. The molecule has 11 nitrogen and oxygen atoms in total. The van der Waals surface area contributed by atoms with Crippen molar-refractivity contribution in [1.29, 1.82) is 0 Å². The Morgan fingerprint density at radius 3 is 2.86 bits per heavy atom. The van der Waals surface area contributed by atoms with Crippen molar-refractivity contribution in [2.75, 3.05) is 13.2 Å². The largest absolute Gasteiger partial charge is 0.475 e. The number of aromatic amines is 1. The first-order valence-electron chi connectivity index (χ1n) is 11.2. The molecule has 4 rings (SSSR count). The Morgan fingerprint density at radius 2 is 2.09 bits per heavy atom. The number of nitrogens with one attached hydrogen (secondary N) is 1. The van der Waals surface area contributed by atoms with Crippen molar-refractivity contribution < 1.29 is 36.8 Å². The fraction of sp³-hybridized carbons (Fsp3) is 0.500. The van der Waals surface area contributed by atoms with Crippen LogP contribution >= 0.6 is 7.82 Å². The lowest BCUT2D eigenvalue weighted by atomic mass is 10.1. The maximum Gasteiger partial charge on any atom is 0.475 e. The fourth-order valence-electron chi connectivity index (χ4n) is 3.75. The number of nitrogens with zero attached hydrogens (tertiary/aromatic N) is 1. The number of aromatic nitrogens is 2. The van der Waals surface area contributed by atoms with Gasteiger partial charge in [-0.15, -0.1) is 0 Å². The molecule has 13 heteroatoms. The maximum atomic E-state index is 15.3. The summed E-state index contributed by atoms with van der Waals surface area (Å²) in [4.78, 5) is 38.2. The number of phosphoric ester groups is 1. The van der Waals surface area contributed by atoms with E-state index in [0.717, 1.165) is 17.4 Å². The number of phosphoric acid groups is 1. The zero-order valence-electron chi connectivity index (χ0n) is 19.2. The number of benzene rings is 1. The Labute approximate surface area is 199 Å². The molecule has 2 aliphatic rings. The summed E-state index contributed by atoms with van der Waals surface area (Å²) in [6, 6.07) is 6.49. The summed E-state index contributed by atoms with van der Waals surface area (Å²) in [5.41, 5.74) is -0.621. The highest BCUT2D eigenvalue weighted by Gasteiger charge is 2.54. The van der Waals surface area contributed by atoms with Crippen LogP contribution in [0.15, 0.2) is 40.1 Å². The van der Waals surface area contributed by atoms with Gasteiger partial charge in [-0.2, -0.15) is 0 Å². The number of fused-ring (bicyclic) bond motifs is 1. The van der Waals surface area contributed by atoms with E-state index in [9.17, 15) is 18.9 Å². The minimum Gasteiger partial charge on any atom is -0.462 e. The van der Waals surface area contributed by atoms with Gasteiger partial charge in [-0.3, -0.25) is 27.9 Å². The van der Waals surface area contributed by atoms with Gasteiger partial charge in [0.1, 0.15) is 12.2 Å². The molecule has 0 aliphatic carbocycles. The molecule has 1 aromatic carbocycles. The fourth-order valence-corrected chi connectivity index (χ4v) is 5.12. The average molecular weight is 512 g/mol. The van der Waals surface area contributed by atoms with Gasteiger partial charge in [0.2, 0.25) is 0 Å². The number of rotatable bonds is 8. The average Bonchev–Trinajstić information content (AvgIpc) is 3.15. The van der Waals surface area contributed by atoms with Gasteiger partial charge in [0.25, 0.3) is 5.56 Å². The molecular formula is C22H26FN2O9P. The summed E-state index contributed by atoms with van der Waals surface area (Å²) in [6.45, 7) is 3.09. The summed E-state index contributed by atoms with van der Waals surface area (Å²) in [5.74, 6) is -0.543. The molecule has 3 heterocycles. The van der Waals surface area contributed by atoms with Gasteiger partial charge < -0.3 is 9.47 Å². The van der Waals surface area contributed by atoms with Crippen molar-refractivity contribution in [2.45, 2.75) is 57.9 Å². The molecule has 0 radical (unpaired) electrons. The third-order valence-electron chi connectivity index (χ3n) is 5.68. The third-order valence-corrected chi connectivity index (χ3v) is 7.09. The number of esters is 1. The summed E-state index contributed by atoms with van der Waals surface area (Å²) < 4.78 is 56.0. The standard InChI is InChI=1S/C22H26FN2O9P/c1-3-4-9-30-21(27)15-8-6-5-7-14(15)11-31-35(29)32-12-16-18(34-35)17(23)20(33-16)25-10-13(2)19(26)24-22(25)28/h5-8,10,16-18,20H,3-4,9,11-12H2,1-2H3,(H,24,26,28)/t16-,17+,18-,20-,35?/m0/s1. The van der Waals surface area contributed by atoms with E-state index in [0.29, 0.717) is 5.56 Å². The second-order valence-electron chi connectivity index (χ2n) is 8.22. The minimum absolute atomic E-state index is 0.188. The normalized spacial score (nSPS) is 28.0. The second-order valence-corrected chi connectivity index (χ2v) is 9.84. The molecule has 35 heavy (non-hydrogen) atoms. The number of carbonyl (C=O) groups is 1. The number of ether oxygens (including phenoxy) is 2. The van der Waals surface area contributed by atoms with E-state index in [1.807, 2.05) is 6.92 Å². The zero-order valence-corrected chi connectivity index (χ0v) is 20.1. The van der Waals surface area contributed by atoms with Gasteiger partial charge in [0.05, 0.1) is 25.4 Å². The molecule has 1 aromatic heterocycles. The molecule has 2 fully saturated rings. The van der Waals surface area contributed by atoms with Crippen LogP contribution in [0.1, 0.15) is 47.5 Å². The van der Waals surface area contributed by atoms with Crippen LogP contribution in [0.2, 0.25) is 0 Å². The molecule has 2 saturated heterocycles. The molecule has 0 spiro atoms. The van der Waals surface area contributed by atoms with Gasteiger partial charge in [-0.25, -0.2) is 18.5 Å². The quantitative estimate of drug-likeness (QED) is 0.322. The highest BCUT2D eigenvalue weighted by Crippen LogP contribution is 2.57. The molecular weight excluding hydrogens is 486 g/mol. The van der Waals surface area contributed by atoms with Crippen molar-refractivity contribution in [1.82, 2.24) is 9.55 Å². The van der Waals surface area contributed by atoms with Crippen LogP contribution in [-0.2, 0) is 34.2 Å². The number of hydrogen-bond acceptors (Lipinski definition) is 9. The highest BCUT2D eigenvalue weighted by atomic mass is 31.2. The first-order chi connectivity index (χ1) is 16.7. The van der Waals surface area contributed by atoms with Gasteiger partial charge in [0, 0.05) is 11.8 Å². The molecule has 1 unspecified atom stereocenters. The number of H-pyrrole nitrogens is 1. The van der Waals surface area contributed by atoms with Crippen LogP contribution in [0.25, 0.3) is 0 Å². The molecule has 2 aromatic rings. The van der Waals surface area contributed by atoms with E-state index in [1.165, 1.54) is 13.1 Å². The van der Waals surface area contributed by atoms with Crippen molar-refractivity contribution in [2.24, 2.45) is 0 Å². The Hall–Kier alpha value is -2.63. The van der Waals surface area contributed by atoms with E-state index in [-0.39, 0.29) is 30.9 Å². The van der Waals surface area contributed by atoms with Crippen molar-refractivity contribution >= 4 is 13.8 Å². The Balaban J connectivity index is 1.44. The van der Waals surface area contributed by atoms with Gasteiger partial charge in [-0.05, 0) is 25.0 Å². The number of halogens is 1. The van der Waals surface area contributed by atoms with Crippen LogP contribution in [-0.4, -0.2) is 47.1 Å². The van der Waals surface area contributed by atoms with Crippen LogP contribution < -0.4 is 11.2 Å². The predicted octanol–water partition coefficient (Wildman–Crippen LogP) is 2.78. The first-order valence-corrected chi connectivity index (χ1v) is 12.6. The predicted molar refractivity (Wildman–Crippen MR) is 120 cm³/mol. The monoisotopic (exact) mass is 512 g/mol. The summed E-state index contributed by atoms with van der Waals surface area (Å²) >= 11 is 0. The summed E-state index contributed by atoms with van der Waals surface area (Å²) in [7, 11) is -4.23. The lowest BCUT2D eigenvalue weighted by Crippen LogP contribution is -2.39. The molecule has 2 aliphatic heterocycles. The van der Waals surface area contributed by atoms with Crippen LogP contribution in [0.5, 0.6) is 0 Å². The Morgan fingerprint density at radius 1 is 1.31 bits per heavy atom. The summed E-state index contributed by atoms with van der Waals surface area (Å²) in [6.07, 6.45) is -2.83. The lowest BCUT2D eigenvalue weighted by molar-refractivity contribution is -0.0731. The van der Waals surface area contributed by atoms with Crippen LogP contribution in [0, 0.1) is 6.92 Å². The zero-order chi connectivity index (χ0) is 25.2. The first kappa shape index (κ1) is 25.5. The van der Waals surface area contributed by atoms with Crippen molar-refractivity contribution in [3.63, 3.8) is 0 Å². The van der Waals surface area contributed by atoms with Gasteiger partial charge in [0.15, 0.2) is 12.4 Å². The Bertz CT molecular complexity index is 1250. The van der Waals surface area contributed by atoms with Crippen molar-refractivity contribution in [3.05, 3.63) is 68.0 Å². The summed E-state index contributed by atoms with van der Waals surface area (Å²) in [5, 5.41) is 0. The number of aryl methyl sites for hydroxylation is 1. The molecule has 1 N–H and O–H groups in total. The second kappa shape index (κ2) is 10.5. The van der Waals surface area contributed by atoms with E-state index >= 15 is 4.39 Å².